The minimum atomic E-state index is -0.106. The molecule has 0 bridgehead atoms. The van der Waals surface area contributed by atoms with Gasteiger partial charge in [-0.25, -0.2) is 4.79 Å². The zero-order chi connectivity index (χ0) is 22.3. The molecule has 3 fully saturated rings. The second kappa shape index (κ2) is 11.4. The number of halogens is 1. The van der Waals surface area contributed by atoms with Gasteiger partial charge in [-0.3, -0.25) is 4.79 Å². The third-order valence-corrected chi connectivity index (χ3v) is 7.53. The highest BCUT2D eigenvalue weighted by Gasteiger charge is 2.26. The van der Waals surface area contributed by atoms with Crippen LogP contribution in [-0.4, -0.2) is 79.0 Å². The average Bonchev–Trinajstić information content (AvgIpc) is 3.52. The zero-order valence-corrected chi connectivity index (χ0v) is 19.9. The zero-order valence-electron chi connectivity index (χ0n) is 19.2. The van der Waals surface area contributed by atoms with E-state index in [9.17, 15) is 9.59 Å². The van der Waals surface area contributed by atoms with E-state index in [1.165, 1.54) is 50.0 Å². The summed E-state index contributed by atoms with van der Waals surface area (Å²) in [5.74, 6) is 0.496. The van der Waals surface area contributed by atoms with Gasteiger partial charge in [0.05, 0.1) is 6.54 Å². The molecular formula is C25H37ClN4O2. The molecule has 0 saturated carbocycles. The molecule has 32 heavy (non-hydrogen) atoms. The van der Waals surface area contributed by atoms with Gasteiger partial charge < -0.3 is 20.0 Å². The maximum atomic E-state index is 12.6. The van der Waals surface area contributed by atoms with Crippen LogP contribution in [0.5, 0.6) is 0 Å². The van der Waals surface area contributed by atoms with Gasteiger partial charge in [-0.2, -0.15) is 0 Å². The number of amides is 3. The molecular weight excluding hydrogens is 424 g/mol. The second-order valence-corrected chi connectivity index (χ2v) is 9.94. The van der Waals surface area contributed by atoms with E-state index < -0.39 is 0 Å². The third kappa shape index (κ3) is 6.16. The van der Waals surface area contributed by atoms with Gasteiger partial charge in [0, 0.05) is 31.2 Å². The van der Waals surface area contributed by atoms with Crippen LogP contribution >= 0.6 is 11.6 Å². The van der Waals surface area contributed by atoms with Gasteiger partial charge in [0.1, 0.15) is 0 Å². The molecule has 0 atom stereocenters. The van der Waals surface area contributed by atoms with E-state index in [-0.39, 0.29) is 18.5 Å². The summed E-state index contributed by atoms with van der Waals surface area (Å²) in [4.78, 5) is 31.0. The summed E-state index contributed by atoms with van der Waals surface area (Å²) < 4.78 is 0. The molecule has 176 valence electrons. The topological polar surface area (TPSA) is 55.9 Å². The number of hydrogen-bond acceptors (Lipinski definition) is 3. The first-order valence-corrected chi connectivity index (χ1v) is 12.8. The van der Waals surface area contributed by atoms with Crippen molar-refractivity contribution in [2.45, 2.75) is 57.3 Å². The normalized spacial score (nSPS) is 20.2. The molecule has 1 aromatic carbocycles. The van der Waals surface area contributed by atoms with Gasteiger partial charge in [-0.05, 0) is 100 Å². The van der Waals surface area contributed by atoms with Crippen molar-refractivity contribution >= 4 is 23.5 Å². The van der Waals surface area contributed by atoms with E-state index in [1.54, 1.807) is 4.90 Å². The Hall–Kier alpha value is -1.79. The van der Waals surface area contributed by atoms with Crippen LogP contribution in [0.25, 0.3) is 0 Å². The lowest BCUT2D eigenvalue weighted by Crippen LogP contribution is -2.46. The van der Waals surface area contributed by atoms with Crippen molar-refractivity contribution < 1.29 is 9.59 Å². The lowest BCUT2D eigenvalue weighted by atomic mass is 9.85. The summed E-state index contributed by atoms with van der Waals surface area (Å²) >= 11 is 6.33. The standard InChI is InChI=1S/C25H37ClN4O2/c26-22-7-8-23(21(18-22)6-5-13-28-11-1-2-12-28)20-9-16-29(17-10-20)24(31)19-27-25(32)30-14-3-4-15-30/h7-8,18,20H,1-6,9-17,19H2,(H,27,32). The Kier molecular flexibility index (Phi) is 8.31. The number of benzene rings is 1. The predicted octanol–water partition coefficient (Wildman–Crippen LogP) is 3.88. The number of likely N-dealkylation sites (tertiary alicyclic amines) is 3. The Morgan fingerprint density at radius 3 is 2.34 bits per heavy atom. The fourth-order valence-electron chi connectivity index (χ4n) is 5.42. The van der Waals surface area contributed by atoms with Crippen LogP contribution in [0.2, 0.25) is 5.02 Å². The third-order valence-electron chi connectivity index (χ3n) is 7.30. The SMILES string of the molecule is O=C(CNC(=O)N1CCCC1)N1CCC(c2ccc(Cl)cc2CCCN2CCCC2)CC1. The Morgan fingerprint density at radius 2 is 1.62 bits per heavy atom. The molecule has 3 saturated heterocycles. The number of piperidine rings is 1. The summed E-state index contributed by atoms with van der Waals surface area (Å²) in [6.45, 7) is 6.85. The van der Waals surface area contributed by atoms with Crippen molar-refractivity contribution in [1.82, 2.24) is 20.0 Å². The van der Waals surface area contributed by atoms with Crippen molar-refractivity contribution in [3.8, 4) is 0 Å². The van der Waals surface area contributed by atoms with Gasteiger partial charge in [-0.15, -0.1) is 0 Å². The fraction of sp³-hybridized carbons (Fsp3) is 0.680. The molecule has 1 aromatic rings. The van der Waals surface area contributed by atoms with Crippen molar-refractivity contribution in [2.75, 3.05) is 52.4 Å². The molecule has 0 unspecified atom stereocenters. The highest BCUT2D eigenvalue weighted by atomic mass is 35.5. The molecule has 0 aromatic heterocycles. The van der Waals surface area contributed by atoms with Gasteiger partial charge in [0.25, 0.3) is 0 Å². The molecule has 3 amide bonds. The minimum absolute atomic E-state index is 0.0259. The lowest BCUT2D eigenvalue weighted by Gasteiger charge is -2.33. The molecule has 4 rings (SSSR count). The monoisotopic (exact) mass is 460 g/mol. The van der Waals surface area contributed by atoms with Crippen LogP contribution in [0.15, 0.2) is 18.2 Å². The van der Waals surface area contributed by atoms with E-state index in [4.69, 9.17) is 11.6 Å². The Balaban J connectivity index is 1.25. The maximum Gasteiger partial charge on any atom is 0.317 e. The first kappa shape index (κ1) is 23.4. The van der Waals surface area contributed by atoms with E-state index in [0.29, 0.717) is 5.92 Å². The first-order valence-electron chi connectivity index (χ1n) is 12.4. The van der Waals surface area contributed by atoms with Crippen LogP contribution in [0, 0.1) is 0 Å². The molecule has 6 nitrogen and oxygen atoms in total. The molecule has 3 heterocycles. The quantitative estimate of drug-likeness (QED) is 0.671. The number of carbonyl (C=O) groups is 2. The summed E-state index contributed by atoms with van der Waals surface area (Å²) in [6, 6.07) is 6.25. The fourth-order valence-corrected chi connectivity index (χ4v) is 5.62. The summed E-state index contributed by atoms with van der Waals surface area (Å²) in [7, 11) is 0. The number of hydrogen-bond donors (Lipinski definition) is 1. The van der Waals surface area contributed by atoms with Crippen LogP contribution < -0.4 is 5.32 Å². The average molecular weight is 461 g/mol. The number of nitrogens with one attached hydrogen (secondary N) is 1. The van der Waals surface area contributed by atoms with Crippen LogP contribution in [0.4, 0.5) is 4.79 Å². The van der Waals surface area contributed by atoms with Gasteiger partial charge in [-0.1, -0.05) is 17.7 Å². The van der Waals surface area contributed by atoms with Crippen molar-refractivity contribution in [2.24, 2.45) is 0 Å². The van der Waals surface area contributed by atoms with Gasteiger partial charge in [0.2, 0.25) is 5.91 Å². The van der Waals surface area contributed by atoms with Crippen molar-refractivity contribution in [3.63, 3.8) is 0 Å². The van der Waals surface area contributed by atoms with Gasteiger partial charge >= 0.3 is 6.03 Å². The largest absolute Gasteiger partial charge is 0.341 e. The summed E-state index contributed by atoms with van der Waals surface area (Å²) in [6.07, 6.45) is 8.94. The number of nitrogens with zero attached hydrogens (tertiary/aromatic N) is 3. The van der Waals surface area contributed by atoms with Crippen molar-refractivity contribution in [1.29, 1.82) is 0 Å². The molecule has 3 aliphatic rings. The van der Waals surface area contributed by atoms with Crippen molar-refractivity contribution in [3.05, 3.63) is 34.3 Å². The molecule has 3 aliphatic heterocycles. The number of rotatable bonds is 7. The van der Waals surface area contributed by atoms with Crippen LogP contribution in [0.3, 0.4) is 0 Å². The second-order valence-electron chi connectivity index (χ2n) is 9.50. The minimum Gasteiger partial charge on any atom is -0.341 e. The van der Waals surface area contributed by atoms with Crippen LogP contribution in [0.1, 0.15) is 62.0 Å². The highest BCUT2D eigenvalue weighted by molar-refractivity contribution is 6.30. The van der Waals surface area contributed by atoms with Crippen LogP contribution in [-0.2, 0) is 11.2 Å². The lowest BCUT2D eigenvalue weighted by molar-refractivity contribution is -0.131. The molecule has 1 N–H and O–H groups in total. The summed E-state index contributed by atoms with van der Waals surface area (Å²) in [5.41, 5.74) is 2.78. The molecule has 7 heteroatoms. The van der Waals surface area contributed by atoms with E-state index >= 15 is 0 Å². The Bertz CT molecular complexity index is 782. The molecule has 0 aliphatic carbocycles. The maximum absolute atomic E-state index is 12.6. The number of urea groups is 1. The van der Waals surface area contributed by atoms with E-state index in [0.717, 1.165) is 63.3 Å². The molecule has 0 spiro atoms. The smallest absolute Gasteiger partial charge is 0.317 e. The predicted molar refractivity (Wildman–Crippen MR) is 128 cm³/mol. The Morgan fingerprint density at radius 1 is 0.938 bits per heavy atom. The first-order chi connectivity index (χ1) is 15.6. The van der Waals surface area contributed by atoms with E-state index in [1.807, 2.05) is 11.0 Å². The number of aryl methyl sites for hydroxylation is 1. The Labute approximate surface area is 197 Å². The number of carbonyl (C=O) groups excluding carboxylic acids is 2. The molecule has 0 radical (unpaired) electrons. The highest BCUT2D eigenvalue weighted by Crippen LogP contribution is 2.32. The van der Waals surface area contributed by atoms with Gasteiger partial charge in [0.15, 0.2) is 0 Å². The van der Waals surface area contributed by atoms with E-state index in [2.05, 4.69) is 22.3 Å². The summed E-state index contributed by atoms with van der Waals surface area (Å²) in [5, 5.41) is 3.61.